The maximum absolute atomic E-state index is 12.5. The zero-order valence-electron chi connectivity index (χ0n) is 12.7. The summed E-state index contributed by atoms with van der Waals surface area (Å²) in [4.78, 5) is 16.8. The summed E-state index contributed by atoms with van der Waals surface area (Å²) in [5.41, 5.74) is 8.29. The molecule has 1 aliphatic rings. The predicted octanol–water partition coefficient (Wildman–Crippen LogP) is 2.13. The van der Waals surface area contributed by atoms with Crippen LogP contribution in [0.1, 0.15) is 36.2 Å². The minimum atomic E-state index is 0.0977. The van der Waals surface area contributed by atoms with Gasteiger partial charge >= 0.3 is 0 Å². The van der Waals surface area contributed by atoms with E-state index in [1.54, 1.807) is 6.07 Å². The highest BCUT2D eigenvalue weighted by Crippen LogP contribution is 2.16. The van der Waals surface area contributed by atoms with Crippen LogP contribution >= 0.6 is 0 Å². The van der Waals surface area contributed by atoms with Crippen LogP contribution in [-0.4, -0.2) is 47.9 Å². The van der Waals surface area contributed by atoms with E-state index in [0.29, 0.717) is 17.3 Å². The van der Waals surface area contributed by atoms with E-state index in [9.17, 15) is 4.79 Å². The van der Waals surface area contributed by atoms with Crippen LogP contribution in [0.3, 0.4) is 0 Å². The van der Waals surface area contributed by atoms with Gasteiger partial charge in [0.25, 0.3) is 5.91 Å². The van der Waals surface area contributed by atoms with Crippen LogP contribution in [0.4, 0.5) is 5.69 Å². The lowest BCUT2D eigenvalue weighted by molar-refractivity contribution is 0.0579. The summed E-state index contributed by atoms with van der Waals surface area (Å²) in [5, 5.41) is 0. The van der Waals surface area contributed by atoms with Crippen LogP contribution in [-0.2, 0) is 0 Å². The van der Waals surface area contributed by atoms with Crippen LogP contribution in [0.25, 0.3) is 0 Å². The van der Waals surface area contributed by atoms with Crippen LogP contribution in [0, 0.1) is 6.92 Å². The number of hydrogen-bond donors (Lipinski definition) is 1. The largest absolute Gasteiger partial charge is 0.398 e. The number of nitrogens with zero attached hydrogens (tertiary/aromatic N) is 2. The van der Waals surface area contributed by atoms with Gasteiger partial charge in [-0.25, -0.2) is 0 Å². The molecule has 110 valence electrons. The molecule has 1 aromatic rings. The first-order valence-corrected chi connectivity index (χ1v) is 7.42. The van der Waals surface area contributed by atoms with Crippen LogP contribution < -0.4 is 5.73 Å². The number of carbonyl (C=O) groups excluding carboxylic acids is 1. The fourth-order valence-electron chi connectivity index (χ4n) is 2.58. The van der Waals surface area contributed by atoms with Gasteiger partial charge in [0.1, 0.15) is 0 Å². The molecule has 1 unspecified atom stereocenters. The Balaban J connectivity index is 1.99. The molecule has 0 saturated carbocycles. The lowest BCUT2D eigenvalue weighted by Gasteiger charge is -2.37. The lowest BCUT2D eigenvalue weighted by Crippen LogP contribution is -2.51. The topological polar surface area (TPSA) is 49.6 Å². The molecule has 1 heterocycles. The molecule has 0 bridgehead atoms. The van der Waals surface area contributed by atoms with Crippen LogP contribution in [0.15, 0.2) is 18.2 Å². The molecule has 0 spiro atoms. The fourth-order valence-corrected chi connectivity index (χ4v) is 2.58. The smallest absolute Gasteiger partial charge is 0.254 e. The first-order valence-electron chi connectivity index (χ1n) is 7.42. The number of anilines is 1. The molecule has 1 saturated heterocycles. The molecule has 1 aliphatic heterocycles. The van der Waals surface area contributed by atoms with Crippen molar-refractivity contribution in [3.63, 3.8) is 0 Å². The van der Waals surface area contributed by atoms with Crippen molar-refractivity contribution in [1.29, 1.82) is 0 Å². The molecule has 1 aromatic carbocycles. The van der Waals surface area contributed by atoms with Crippen LogP contribution in [0.5, 0.6) is 0 Å². The third kappa shape index (κ3) is 3.12. The van der Waals surface area contributed by atoms with Gasteiger partial charge in [-0.1, -0.05) is 13.0 Å². The van der Waals surface area contributed by atoms with Crippen molar-refractivity contribution in [2.24, 2.45) is 0 Å². The minimum absolute atomic E-state index is 0.0977. The number of piperazine rings is 1. The SMILES string of the molecule is CCC(C)N1CCN(C(=O)c2ccc(C)c(N)c2)CC1. The Labute approximate surface area is 121 Å². The van der Waals surface area contributed by atoms with E-state index in [0.717, 1.165) is 38.2 Å². The van der Waals surface area contributed by atoms with E-state index < -0.39 is 0 Å². The lowest BCUT2D eigenvalue weighted by atomic mass is 10.1. The monoisotopic (exact) mass is 275 g/mol. The number of benzene rings is 1. The number of nitrogens with two attached hydrogens (primary N) is 1. The molecule has 0 aliphatic carbocycles. The van der Waals surface area contributed by atoms with Gasteiger partial charge in [0.05, 0.1) is 0 Å². The summed E-state index contributed by atoms with van der Waals surface area (Å²) >= 11 is 0. The zero-order valence-corrected chi connectivity index (χ0v) is 12.7. The van der Waals surface area contributed by atoms with Gasteiger partial charge in [-0.15, -0.1) is 0 Å². The first-order chi connectivity index (χ1) is 9.52. The highest BCUT2D eigenvalue weighted by molar-refractivity contribution is 5.95. The zero-order chi connectivity index (χ0) is 14.7. The highest BCUT2D eigenvalue weighted by atomic mass is 16.2. The van der Waals surface area contributed by atoms with Gasteiger partial charge in [0.15, 0.2) is 0 Å². The standard InChI is InChI=1S/C16H25N3O/c1-4-13(3)18-7-9-19(10-8-18)16(20)14-6-5-12(2)15(17)11-14/h5-6,11,13H,4,7-10,17H2,1-3H3. The second kappa shape index (κ2) is 6.27. The van der Waals surface area contributed by atoms with E-state index in [1.807, 2.05) is 24.0 Å². The molecule has 4 heteroatoms. The summed E-state index contributed by atoms with van der Waals surface area (Å²) < 4.78 is 0. The third-order valence-electron chi connectivity index (χ3n) is 4.34. The number of aryl methyl sites for hydroxylation is 1. The molecule has 0 aromatic heterocycles. The fraction of sp³-hybridized carbons (Fsp3) is 0.562. The Morgan fingerprint density at radius 1 is 1.30 bits per heavy atom. The predicted molar refractivity (Wildman–Crippen MR) is 82.8 cm³/mol. The molecular formula is C16H25N3O. The number of nitrogen functional groups attached to an aromatic ring is 1. The Bertz CT molecular complexity index is 479. The normalized spacial score (nSPS) is 18.1. The average Bonchev–Trinajstić information content (AvgIpc) is 2.48. The molecule has 4 nitrogen and oxygen atoms in total. The Hall–Kier alpha value is -1.55. The van der Waals surface area contributed by atoms with E-state index in [2.05, 4.69) is 18.7 Å². The van der Waals surface area contributed by atoms with E-state index in [4.69, 9.17) is 5.73 Å². The molecule has 2 N–H and O–H groups in total. The summed E-state index contributed by atoms with van der Waals surface area (Å²) in [6.07, 6.45) is 1.16. The van der Waals surface area contributed by atoms with Gasteiger partial charge in [-0.2, -0.15) is 0 Å². The molecule has 20 heavy (non-hydrogen) atoms. The molecular weight excluding hydrogens is 250 g/mol. The van der Waals surface area contributed by atoms with Crippen molar-refractivity contribution < 1.29 is 4.79 Å². The molecule has 2 rings (SSSR count). The van der Waals surface area contributed by atoms with Crippen molar-refractivity contribution >= 4 is 11.6 Å². The van der Waals surface area contributed by atoms with Crippen molar-refractivity contribution in [2.45, 2.75) is 33.2 Å². The average molecular weight is 275 g/mol. The molecule has 1 amide bonds. The maximum atomic E-state index is 12.5. The van der Waals surface area contributed by atoms with Crippen molar-refractivity contribution in [3.05, 3.63) is 29.3 Å². The van der Waals surface area contributed by atoms with Crippen LogP contribution in [0.2, 0.25) is 0 Å². The molecule has 0 radical (unpaired) electrons. The first kappa shape index (κ1) is 14.9. The van der Waals surface area contributed by atoms with E-state index in [-0.39, 0.29) is 5.91 Å². The number of carbonyl (C=O) groups is 1. The van der Waals surface area contributed by atoms with Crippen molar-refractivity contribution in [2.75, 3.05) is 31.9 Å². The highest BCUT2D eigenvalue weighted by Gasteiger charge is 2.24. The summed E-state index contributed by atoms with van der Waals surface area (Å²) in [6.45, 7) is 9.93. The summed E-state index contributed by atoms with van der Waals surface area (Å²) in [6, 6.07) is 6.17. The Kier molecular flexibility index (Phi) is 4.65. The van der Waals surface area contributed by atoms with Gasteiger partial charge in [-0.3, -0.25) is 9.69 Å². The van der Waals surface area contributed by atoms with Gasteiger partial charge in [0.2, 0.25) is 0 Å². The number of rotatable bonds is 3. The molecule has 1 fully saturated rings. The van der Waals surface area contributed by atoms with E-state index >= 15 is 0 Å². The second-order valence-electron chi connectivity index (χ2n) is 5.66. The summed E-state index contributed by atoms with van der Waals surface area (Å²) in [7, 11) is 0. The number of amides is 1. The Morgan fingerprint density at radius 2 is 1.95 bits per heavy atom. The maximum Gasteiger partial charge on any atom is 0.254 e. The van der Waals surface area contributed by atoms with Crippen molar-refractivity contribution in [1.82, 2.24) is 9.80 Å². The summed E-state index contributed by atoms with van der Waals surface area (Å²) in [5.74, 6) is 0.0977. The second-order valence-corrected chi connectivity index (χ2v) is 5.66. The van der Waals surface area contributed by atoms with Gasteiger partial charge in [-0.05, 0) is 38.0 Å². The Morgan fingerprint density at radius 3 is 2.50 bits per heavy atom. The molecule has 1 atom stereocenters. The third-order valence-corrected chi connectivity index (χ3v) is 4.34. The minimum Gasteiger partial charge on any atom is -0.398 e. The van der Waals surface area contributed by atoms with Crippen molar-refractivity contribution in [3.8, 4) is 0 Å². The van der Waals surface area contributed by atoms with Gasteiger partial charge in [0, 0.05) is 43.5 Å². The van der Waals surface area contributed by atoms with E-state index in [1.165, 1.54) is 0 Å². The quantitative estimate of drug-likeness (QED) is 0.860. The number of hydrogen-bond acceptors (Lipinski definition) is 3. The van der Waals surface area contributed by atoms with Gasteiger partial charge < -0.3 is 10.6 Å².